The molecule has 1 fully saturated rings. The van der Waals surface area contributed by atoms with E-state index >= 15 is 0 Å². The second-order valence-corrected chi connectivity index (χ2v) is 6.95. The molecule has 0 aliphatic carbocycles. The molecule has 1 aliphatic heterocycles. The average Bonchev–Trinajstić information content (AvgIpc) is 2.96. The topological polar surface area (TPSA) is 105 Å². The molecule has 0 atom stereocenters. The van der Waals surface area contributed by atoms with Gasteiger partial charge in [0.15, 0.2) is 5.52 Å². The molecule has 9 heteroatoms. The first-order valence-corrected chi connectivity index (χ1v) is 8.10. The van der Waals surface area contributed by atoms with Gasteiger partial charge in [0.2, 0.25) is 0 Å². The molecule has 1 amide bonds. The summed E-state index contributed by atoms with van der Waals surface area (Å²) in [6.45, 7) is 7.73. The first-order valence-electron chi connectivity index (χ1n) is 8.10. The van der Waals surface area contributed by atoms with Crippen LogP contribution in [-0.2, 0) is 4.74 Å². The maximum atomic E-state index is 12.1. The molecule has 0 unspecified atom stereocenters. The third kappa shape index (κ3) is 3.65. The highest BCUT2D eigenvalue weighted by Crippen LogP contribution is 2.26. The Kier molecular flexibility index (Phi) is 4.23. The SMILES string of the molecule is CC(C)(C)OC(=O)N1CCN(c2ccc3[nH]cc([N+](=O)[O-])c3n2)CC1. The van der Waals surface area contributed by atoms with Gasteiger partial charge >= 0.3 is 11.8 Å². The van der Waals surface area contributed by atoms with Crippen molar-refractivity contribution < 1.29 is 14.5 Å². The predicted octanol–water partition coefficient (Wildman–Crippen LogP) is 2.53. The van der Waals surface area contributed by atoms with E-state index in [0.29, 0.717) is 43.0 Å². The number of anilines is 1. The number of piperazine rings is 1. The average molecular weight is 347 g/mol. The van der Waals surface area contributed by atoms with Crippen LogP contribution in [0.5, 0.6) is 0 Å². The third-order valence-electron chi connectivity index (χ3n) is 3.94. The van der Waals surface area contributed by atoms with Gasteiger partial charge in [0.1, 0.15) is 11.4 Å². The van der Waals surface area contributed by atoms with Gasteiger partial charge in [0.05, 0.1) is 16.6 Å². The quantitative estimate of drug-likeness (QED) is 0.661. The maximum Gasteiger partial charge on any atom is 0.410 e. The molecular weight excluding hydrogens is 326 g/mol. The van der Waals surface area contributed by atoms with E-state index in [1.807, 2.05) is 31.7 Å². The third-order valence-corrected chi connectivity index (χ3v) is 3.94. The van der Waals surface area contributed by atoms with Crippen molar-refractivity contribution in [1.29, 1.82) is 0 Å². The van der Waals surface area contributed by atoms with Crippen molar-refractivity contribution in [3.63, 3.8) is 0 Å². The van der Waals surface area contributed by atoms with Crippen LogP contribution >= 0.6 is 0 Å². The Morgan fingerprint density at radius 1 is 1.28 bits per heavy atom. The molecule has 1 N–H and O–H groups in total. The van der Waals surface area contributed by atoms with Crippen LogP contribution in [0.3, 0.4) is 0 Å². The molecule has 2 aromatic heterocycles. The number of fused-ring (bicyclic) bond motifs is 1. The minimum Gasteiger partial charge on any atom is -0.444 e. The Morgan fingerprint density at radius 2 is 1.96 bits per heavy atom. The van der Waals surface area contributed by atoms with Gasteiger partial charge in [-0.1, -0.05) is 0 Å². The van der Waals surface area contributed by atoms with Crippen LogP contribution in [0.15, 0.2) is 18.3 Å². The summed E-state index contributed by atoms with van der Waals surface area (Å²) in [7, 11) is 0. The summed E-state index contributed by atoms with van der Waals surface area (Å²) in [4.78, 5) is 33.7. The number of nitro groups is 1. The highest BCUT2D eigenvalue weighted by Gasteiger charge is 2.27. The molecular formula is C16H21N5O4. The van der Waals surface area contributed by atoms with Gasteiger partial charge in [0.25, 0.3) is 0 Å². The van der Waals surface area contributed by atoms with Gasteiger partial charge < -0.3 is 19.5 Å². The Bertz CT molecular complexity index is 802. The zero-order chi connectivity index (χ0) is 18.2. The molecule has 25 heavy (non-hydrogen) atoms. The molecule has 1 saturated heterocycles. The first-order chi connectivity index (χ1) is 11.7. The number of ether oxygens (including phenoxy) is 1. The van der Waals surface area contributed by atoms with E-state index in [1.165, 1.54) is 6.20 Å². The zero-order valence-electron chi connectivity index (χ0n) is 14.5. The van der Waals surface area contributed by atoms with E-state index in [1.54, 1.807) is 11.0 Å². The number of aromatic nitrogens is 2. The predicted molar refractivity (Wildman–Crippen MR) is 92.8 cm³/mol. The molecule has 134 valence electrons. The Labute approximate surface area is 144 Å². The maximum absolute atomic E-state index is 12.1. The Morgan fingerprint density at radius 3 is 2.56 bits per heavy atom. The normalized spacial score (nSPS) is 15.5. The van der Waals surface area contributed by atoms with Crippen LogP contribution in [0.2, 0.25) is 0 Å². The monoisotopic (exact) mass is 347 g/mol. The van der Waals surface area contributed by atoms with Crippen molar-refractivity contribution >= 4 is 28.6 Å². The number of H-pyrrole nitrogens is 1. The number of rotatable bonds is 2. The van der Waals surface area contributed by atoms with Crippen molar-refractivity contribution in [3.8, 4) is 0 Å². The second-order valence-electron chi connectivity index (χ2n) is 6.95. The fraction of sp³-hybridized carbons (Fsp3) is 0.500. The van der Waals surface area contributed by atoms with Crippen LogP contribution in [0.25, 0.3) is 11.0 Å². The van der Waals surface area contributed by atoms with E-state index in [4.69, 9.17) is 4.74 Å². The van der Waals surface area contributed by atoms with Gasteiger partial charge in [-0.2, -0.15) is 0 Å². The molecule has 3 rings (SSSR count). The van der Waals surface area contributed by atoms with E-state index in [9.17, 15) is 14.9 Å². The highest BCUT2D eigenvalue weighted by atomic mass is 16.6. The number of hydrogen-bond acceptors (Lipinski definition) is 6. The van der Waals surface area contributed by atoms with Crippen LogP contribution in [0.1, 0.15) is 20.8 Å². The van der Waals surface area contributed by atoms with Crippen molar-refractivity contribution in [2.45, 2.75) is 26.4 Å². The molecule has 2 aromatic rings. The number of pyridine rings is 1. The number of carbonyl (C=O) groups is 1. The summed E-state index contributed by atoms with van der Waals surface area (Å²) in [6.07, 6.45) is 1.03. The van der Waals surface area contributed by atoms with E-state index in [-0.39, 0.29) is 11.8 Å². The summed E-state index contributed by atoms with van der Waals surface area (Å²) in [5, 5.41) is 11.1. The Hall–Kier alpha value is -2.84. The fourth-order valence-electron chi connectivity index (χ4n) is 2.73. The van der Waals surface area contributed by atoms with E-state index in [0.717, 1.165) is 0 Å². The summed E-state index contributed by atoms with van der Waals surface area (Å²) in [5.74, 6) is 0.666. The van der Waals surface area contributed by atoms with Gasteiger partial charge in [-0.05, 0) is 32.9 Å². The summed E-state index contributed by atoms with van der Waals surface area (Å²) < 4.78 is 5.38. The number of nitrogens with one attached hydrogen (secondary N) is 1. The standard InChI is InChI=1S/C16H21N5O4/c1-16(2,3)25-15(22)20-8-6-19(7-9-20)13-5-4-11-14(18-13)12(10-17-11)21(23)24/h4-5,10,17H,6-9H2,1-3H3. The van der Waals surface area contributed by atoms with E-state index in [2.05, 4.69) is 9.97 Å². The molecule has 9 nitrogen and oxygen atoms in total. The lowest BCUT2D eigenvalue weighted by Gasteiger charge is -2.36. The number of amides is 1. The minimum absolute atomic E-state index is 0.0377. The second kappa shape index (κ2) is 6.23. The van der Waals surface area contributed by atoms with Crippen LogP contribution in [0, 0.1) is 10.1 Å². The van der Waals surface area contributed by atoms with Crippen LogP contribution in [0.4, 0.5) is 16.3 Å². The van der Waals surface area contributed by atoms with E-state index < -0.39 is 10.5 Å². The lowest BCUT2D eigenvalue weighted by atomic mass is 10.2. The molecule has 0 aromatic carbocycles. The molecule has 0 bridgehead atoms. The molecule has 0 spiro atoms. The van der Waals surface area contributed by atoms with Gasteiger partial charge in [-0.25, -0.2) is 9.78 Å². The van der Waals surface area contributed by atoms with Gasteiger partial charge in [0, 0.05) is 26.2 Å². The van der Waals surface area contributed by atoms with Gasteiger partial charge in [-0.15, -0.1) is 0 Å². The summed E-state index contributed by atoms with van der Waals surface area (Å²) in [6, 6.07) is 3.61. The van der Waals surface area contributed by atoms with Crippen molar-refractivity contribution in [3.05, 3.63) is 28.4 Å². The molecule has 0 radical (unpaired) electrons. The lowest BCUT2D eigenvalue weighted by molar-refractivity contribution is -0.383. The zero-order valence-corrected chi connectivity index (χ0v) is 14.5. The number of nitrogens with zero attached hydrogens (tertiary/aromatic N) is 4. The van der Waals surface area contributed by atoms with Crippen LogP contribution < -0.4 is 4.90 Å². The molecule has 3 heterocycles. The smallest absolute Gasteiger partial charge is 0.410 e. The van der Waals surface area contributed by atoms with Crippen molar-refractivity contribution in [2.24, 2.45) is 0 Å². The highest BCUT2D eigenvalue weighted by molar-refractivity contribution is 5.86. The summed E-state index contributed by atoms with van der Waals surface area (Å²) in [5.41, 5.74) is 0.415. The van der Waals surface area contributed by atoms with Crippen LogP contribution in [-0.4, -0.2) is 57.7 Å². The Balaban J connectivity index is 1.71. The number of aromatic amines is 1. The number of carbonyl (C=O) groups excluding carboxylic acids is 1. The van der Waals surface area contributed by atoms with Crippen molar-refractivity contribution in [2.75, 3.05) is 31.1 Å². The largest absolute Gasteiger partial charge is 0.444 e. The minimum atomic E-state index is -0.520. The lowest BCUT2D eigenvalue weighted by Crippen LogP contribution is -2.50. The molecule has 1 aliphatic rings. The van der Waals surface area contributed by atoms with Crippen molar-refractivity contribution in [1.82, 2.24) is 14.9 Å². The molecule has 0 saturated carbocycles. The fourth-order valence-corrected chi connectivity index (χ4v) is 2.73. The summed E-state index contributed by atoms with van der Waals surface area (Å²) >= 11 is 0. The number of hydrogen-bond donors (Lipinski definition) is 1. The first kappa shape index (κ1) is 17.0. The van der Waals surface area contributed by atoms with Gasteiger partial charge in [-0.3, -0.25) is 10.1 Å².